The van der Waals surface area contributed by atoms with Crippen molar-refractivity contribution >= 4 is 11.5 Å². The van der Waals surface area contributed by atoms with Gasteiger partial charge < -0.3 is 18.9 Å². The molecular formula is C18H17F3N2O5. The minimum absolute atomic E-state index is 0.0285. The summed E-state index contributed by atoms with van der Waals surface area (Å²) in [6.07, 6.45) is -3.48. The number of esters is 1. The van der Waals surface area contributed by atoms with Gasteiger partial charge in [0.25, 0.3) is 0 Å². The fourth-order valence-electron chi connectivity index (χ4n) is 2.26. The van der Waals surface area contributed by atoms with Gasteiger partial charge in [-0.1, -0.05) is 6.07 Å². The smallest absolute Gasteiger partial charge is 0.416 e. The summed E-state index contributed by atoms with van der Waals surface area (Å²) >= 11 is 0. The topological polar surface area (TPSA) is 79.8 Å². The van der Waals surface area contributed by atoms with E-state index in [4.69, 9.17) is 18.9 Å². The summed E-state index contributed by atoms with van der Waals surface area (Å²) < 4.78 is 59.2. The van der Waals surface area contributed by atoms with E-state index in [1.54, 1.807) is 0 Å². The van der Waals surface area contributed by atoms with E-state index in [1.807, 2.05) is 0 Å². The number of nitrogens with zero attached hydrogens (tertiary/aromatic N) is 2. The summed E-state index contributed by atoms with van der Waals surface area (Å²) in [4.78, 5) is 20.3. The third-order valence-electron chi connectivity index (χ3n) is 3.43. The van der Waals surface area contributed by atoms with Crippen molar-refractivity contribution in [3.8, 4) is 17.5 Å². The molecule has 0 spiro atoms. The molecule has 0 unspecified atom stereocenters. The van der Waals surface area contributed by atoms with Crippen molar-refractivity contribution in [2.45, 2.75) is 13.1 Å². The second-order valence-corrected chi connectivity index (χ2v) is 5.35. The standard InChI is InChI=1S/C18H17F3N2O5/c1-10-22-15(26-3)14(13(9-25-2)17(24)27-4)16(23-10)28-12-7-5-6-11(8-12)18(19,20)21/h5-9H,1-4H3/b13-9-. The number of aromatic nitrogens is 2. The van der Waals surface area contributed by atoms with E-state index in [-0.39, 0.29) is 34.5 Å². The molecule has 0 aliphatic rings. The number of carbonyl (C=O) groups excluding carboxylic acids is 1. The SMILES string of the molecule is CO/C=C(\C(=O)OC)c1c(OC)nc(C)nc1Oc1cccc(C(F)(F)F)c1. The summed E-state index contributed by atoms with van der Waals surface area (Å²) in [6, 6.07) is 4.23. The molecule has 0 saturated heterocycles. The molecule has 0 aliphatic heterocycles. The van der Waals surface area contributed by atoms with Crippen molar-refractivity contribution in [2.75, 3.05) is 21.3 Å². The lowest BCUT2D eigenvalue weighted by Crippen LogP contribution is -2.10. The molecule has 2 aromatic rings. The van der Waals surface area contributed by atoms with Crippen molar-refractivity contribution in [1.29, 1.82) is 0 Å². The molecule has 0 bridgehead atoms. The van der Waals surface area contributed by atoms with Crippen LogP contribution in [0.3, 0.4) is 0 Å². The van der Waals surface area contributed by atoms with E-state index in [0.717, 1.165) is 25.5 Å². The molecule has 7 nitrogen and oxygen atoms in total. The number of hydrogen-bond donors (Lipinski definition) is 0. The maximum absolute atomic E-state index is 13.0. The van der Waals surface area contributed by atoms with E-state index >= 15 is 0 Å². The van der Waals surface area contributed by atoms with Crippen molar-refractivity contribution in [1.82, 2.24) is 9.97 Å². The molecule has 0 N–H and O–H groups in total. The van der Waals surface area contributed by atoms with Gasteiger partial charge in [-0.05, 0) is 25.1 Å². The highest BCUT2D eigenvalue weighted by molar-refractivity contribution is 6.17. The van der Waals surface area contributed by atoms with Crippen LogP contribution in [0.15, 0.2) is 30.5 Å². The first-order chi connectivity index (χ1) is 13.2. The Morgan fingerprint density at radius 2 is 1.79 bits per heavy atom. The largest absolute Gasteiger partial charge is 0.503 e. The molecule has 0 atom stereocenters. The summed E-state index contributed by atoms with van der Waals surface area (Å²) in [5, 5.41) is 0. The summed E-state index contributed by atoms with van der Waals surface area (Å²) in [6.45, 7) is 1.53. The predicted octanol–water partition coefficient (Wildman–Crippen LogP) is 3.77. The van der Waals surface area contributed by atoms with Crippen LogP contribution in [0, 0.1) is 6.92 Å². The molecular weight excluding hydrogens is 381 g/mol. The first-order valence-corrected chi connectivity index (χ1v) is 7.80. The summed E-state index contributed by atoms with van der Waals surface area (Å²) in [5.74, 6) is -0.968. The average molecular weight is 398 g/mol. The van der Waals surface area contributed by atoms with Crippen molar-refractivity contribution in [3.63, 3.8) is 0 Å². The Morgan fingerprint density at radius 3 is 2.36 bits per heavy atom. The fraction of sp³-hybridized carbons (Fsp3) is 0.278. The Hall–Kier alpha value is -3.30. The van der Waals surface area contributed by atoms with Crippen LogP contribution in [-0.4, -0.2) is 37.3 Å². The van der Waals surface area contributed by atoms with E-state index in [2.05, 4.69) is 9.97 Å². The lowest BCUT2D eigenvalue weighted by Gasteiger charge is -2.15. The zero-order valence-electron chi connectivity index (χ0n) is 15.5. The zero-order chi connectivity index (χ0) is 20.9. The van der Waals surface area contributed by atoms with E-state index in [1.165, 1.54) is 33.3 Å². The number of alkyl halides is 3. The van der Waals surface area contributed by atoms with Gasteiger partial charge in [-0.15, -0.1) is 0 Å². The van der Waals surface area contributed by atoms with Crippen LogP contribution < -0.4 is 9.47 Å². The highest BCUT2D eigenvalue weighted by atomic mass is 19.4. The highest BCUT2D eigenvalue weighted by Gasteiger charge is 2.31. The number of ether oxygens (including phenoxy) is 4. The molecule has 10 heteroatoms. The first kappa shape index (κ1) is 21.0. The van der Waals surface area contributed by atoms with Crippen LogP contribution in [-0.2, 0) is 20.4 Å². The number of benzene rings is 1. The Bertz CT molecular complexity index is 897. The number of halogens is 3. The van der Waals surface area contributed by atoms with Crippen LogP contribution >= 0.6 is 0 Å². The van der Waals surface area contributed by atoms with Crippen molar-refractivity contribution in [3.05, 3.63) is 47.5 Å². The molecule has 150 valence electrons. The monoisotopic (exact) mass is 398 g/mol. The van der Waals surface area contributed by atoms with Crippen LogP contribution in [0.25, 0.3) is 5.57 Å². The van der Waals surface area contributed by atoms with Gasteiger partial charge in [0.2, 0.25) is 11.8 Å². The molecule has 1 heterocycles. The van der Waals surface area contributed by atoms with E-state index in [9.17, 15) is 18.0 Å². The molecule has 1 aromatic heterocycles. The van der Waals surface area contributed by atoms with Crippen molar-refractivity contribution < 1.29 is 36.9 Å². The van der Waals surface area contributed by atoms with Gasteiger partial charge in [0, 0.05) is 0 Å². The van der Waals surface area contributed by atoms with Gasteiger partial charge in [-0.2, -0.15) is 23.1 Å². The third kappa shape index (κ3) is 4.70. The Morgan fingerprint density at radius 1 is 1.11 bits per heavy atom. The van der Waals surface area contributed by atoms with E-state index in [0.29, 0.717) is 0 Å². The third-order valence-corrected chi connectivity index (χ3v) is 3.43. The molecule has 28 heavy (non-hydrogen) atoms. The molecule has 0 saturated carbocycles. The molecule has 1 aromatic carbocycles. The molecule has 0 aliphatic carbocycles. The Balaban J connectivity index is 2.63. The Kier molecular flexibility index (Phi) is 6.45. The number of carbonyl (C=O) groups is 1. The van der Waals surface area contributed by atoms with Gasteiger partial charge >= 0.3 is 12.1 Å². The Labute approximate surface area is 158 Å². The second kappa shape index (κ2) is 8.59. The normalized spacial score (nSPS) is 11.8. The van der Waals surface area contributed by atoms with Gasteiger partial charge in [0.05, 0.1) is 33.2 Å². The summed E-state index contributed by atoms with van der Waals surface area (Å²) in [5.41, 5.74) is -1.06. The highest BCUT2D eigenvalue weighted by Crippen LogP contribution is 2.37. The average Bonchev–Trinajstić information content (AvgIpc) is 2.65. The molecule has 2 rings (SSSR count). The lowest BCUT2D eigenvalue weighted by molar-refractivity contribution is -0.137. The van der Waals surface area contributed by atoms with Crippen molar-refractivity contribution in [2.24, 2.45) is 0 Å². The lowest BCUT2D eigenvalue weighted by atomic mass is 10.1. The van der Waals surface area contributed by atoms with Gasteiger partial charge in [-0.25, -0.2) is 4.79 Å². The van der Waals surface area contributed by atoms with Gasteiger partial charge in [0.15, 0.2) is 0 Å². The second-order valence-electron chi connectivity index (χ2n) is 5.35. The molecule has 0 radical (unpaired) electrons. The van der Waals surface area contributed by atoms with Crippen LogP contribution in [0.4, 0.5) is 13.2 Å². The van der Waals surface area contributed by atoms with Gasteiger partial charge in [0.1, 0.15) is 22.7 Å². The number of methoxy groups -OCH3 is 3. The fourth-order valence-corrected chi connectivity index (χ4v) is 2.26. The quantitative estimate of drug-likeness (QED) is 0.416. The molecule has 0 amide bonds. The van der Waals surface area contributed by atoms with E-state index < -0.39 is 17.7 Å². The molecule has 0 fully saturated rings. The predicted molar refractivity (Wildman–Crippen MR) is 91.8 cm³/mol. The van der Waals surface area contributed by atoms with Crippen LogP contribution in [0.1, 0.15) is 17.0 Å². The number of rotatable bonds is 6. The number of hydrogen-bond acceptors (Lipinski definition) is 7. The van der Waals surface area contributed by atoms with Gasteiger partial charge in [-0.3, -0.25) is 0 Å². The summed E-state index contributed by atoms with van der Waals surface area (Å²) in [7, 11) is 3.76. The minimum atomic E-state index is -4.55. The van der Waals surface area contributed by atoms with Crippen LogP contribution in [0.5, 0.6) is 17.5 Å². The first-order valence-electron chi connectivity index (χ1n) is 7.80. The maximum atomic E-state index is 13.0. The maximum Gasteiger partial charge on any atom is 0.416 e. The zero-order valence-corrected chi connectivity index (χ0v) is 15.5. The van der Waals surface area contributed by atoms with Crippen LogP contribution in [0.2, 0.25) is 0 Å². The number of aryl methyl sites for hydroxylation is 1. The minimum Gasteiger partial charge on any atom is -0.503 e.